The van der Waals surface area contributed by atoms with Crippen LogP contribution in [0, 0.1) is 10.5 Å². The van der Waals surface area contributed by atoms with Crippen LogP contribution in [0.15, 0.2) is 12.1 Å². The zero-order valence-electron chi connectivity index (χ0n) is 12.5. The Morgan fingerprint density at radius 2 is 2.10 bits per heavy atom. The molecule has 0 unspecified atom stereocenters. The van der Waals surface area contributed by atoms with E-state index in [4.69, 9.17) is 5.10 Å². The number of fused-ring (bicyclic) bond motifs is 1. The van der Waals surface area contributed by atoms with E-state index in [0.29, 0.717) is 0 Å². The number of nitrogens with zero attached hydrogens (tertiary/aromatic N) is 2. The molecule has 2 aliphatic rings. The third-order valence-electron chi connectivity index (χ3n) is 4.72. The molecular formula is C17H20IN3. The smallest absolute Gasteiger partial charge is 0.155 e. The van der Waals surface area contributed by atoms with E-state index in [2.05, 4.69) is 58.7 Å². The Bertz CT molecular complexity index is 713. The van der Waals surface area contributed by atoms with E-state index in [0.717, 1.165) is 18.2 Å². The van der Waals surface area contributed by atoms with Crippen LogP contribution >= 0.6 is 22.6 Å². The number of aromatic nitrogens is 2. The van der Waals surface area contributed by atoms with Crippen molar-refractivity contribution >= 4 is 34.1 Å². The van der Waals surface area contributed by atoms with Crippen LogP contribution in [0.3, 0.4) is 0 Å². The number of benzene rings is 1. The van der Waals surface area contributed by atoms with E-state index < -0.39 is 0 Å². The minimum absolute atomic E-state index is 0.748. The van der Waals surface area contributed by atoms with Gasteiger partial charge in [-0.3, -0.25) is 4.68 Å². The van der Waals surface area contributed by atoms with Crippen LogP contribution in [0.1, 0.15) is 47.6 Å². The number of rotatable bonds is 3. The van der Waals surface area contributed by atoms with E-state index in [-0.39, 0.29) is 0 Å². The highest BCUT2D eigenvalue weighted by Crippen LogP contribution is 2.45. The summed E-state index contributed by atoms with van der Waals surface area (Å²) < 4.78 is 3.42. The van der Waals surface area contributed by atoms with Crippen LogP contribution in [0.2, 0.25) is 0 Å². The molecule has 3 nitrogen and oxygen atoms in total. The van der Waals surface area contributed by atoms with Crippen molar-refractivity contribution < 1.29 is 0 Å². The molecule has 1 heterocycles. The van der Waals surface area contributed by atoms with Crippen molar-refractivity contribution in [3.05, 3.63) is 38.1 Å². The fourth-order valence-electron chi connectivity index (χ4n) is 3.38. The molecule has 1 aromatic heterocycles. The molecule has 0 amide bonds. The van der Waals surface area contributed by atoms with Gasteiger partial charge in [-0.1, -0.05) is 0 Å². The largest absolute Gasteiger partial charge is 0.338 e. The predicted molar refractivity (Wildman–Crippen MR) is 94.4 cm³/mol. The first-order valence-corrected chi connectivity index (χ1v) is 8.83. The fraction of sp³-hybridized carbons (Fsp3) is 0.471. The van der Waals surface area contributed by atoms with Gasteiger partial charge in [-0.05, 0) is 90.8 Å². The normalized spacial score (nSPS) is 17.1. The summed E-state index contributed by atoms with van der Waals surface area (Å²) in [7, 11) is 2.07. The quantitative estimate of drug-likeness (QED) is 0.782. The molecule has 0 spiro atoms. The lowest BCUT2D eigenvalue weighted by Crippen LogP contribution is -2.01. The zero-order chi connectivity index (χ0) is 14.6. The molecule has 0 bridgehead atoms. The molecule has 1 saturated carbocycles. The number of aryl methyl sites for hydroxylation is 2. The lowest BCUT2D eigenvalue weighted by atomic mass is 10.1. The van der Waals surface area contributed by atoms with Crippen LogP contribution in [-0.2, 0) is 19.9 Å². The number of hydrogen-bond donors (Lipinski definition) is 1. The molecule has 4 rings (SSSR count). The van der Waals surface area contributed by atoms with E-state index in [1.807, 2.05) is 0 Å². The fourth-order valence-corrected chi connectivity index (χ4v) is 3.87. The molecule has 2 aliphatic carbocycles. The first-order chi connectivity index (χ1) is 10.1. The Morgan fingerprint density at radius 3 is 2.86 bits per heavy atom. The average molecular weight is 393 g/mol. The van der Waals surface area contributed by atoms with Gasteiger partial charge in [0, 0.05) is 27.6 Å². The summed E-state index contributed by atoms with van der Waals surface area (Å²) in [5.41, 5.74) is 6.92. The molecule has 1 aromatic carbocycles. The van der Waals surface area contributed by atoms with Crippen molar-refractivity contribution in [1.82, 2.24) is 9.78 Å². The minimum atomic E-state index is 0.748. The van der Waals surface area contributed by atoms with Crippen molar-refractivity contribution in [2.24, 2.45) is 7.05 Å². The van der Waals surface area contributed by atoms with E-state index in [1.54, 1.807) is 0 Å². The summed E-state index contributed by atoms with van der Waals surface area (Å²) in [6.45, 7) is 2.19. The van der Waals surface area contributed by atoms with Gasteiger partial charge in [0.1, 0.15) is 0 Å². The monoisotopic (exact) mass is 393 g/mol. The van der Waals surface area contributed by atoms with Gasteiger partial charge < -0.3 is 5.32 Å². The van der Waals surface area contributed by atoms with Crippen molar-refractivity contribution in [2.45, 2.75) is 44.9 Å². The van der Waals surface area contributed by atoms with Gasteiger partial charge in [-0.15, -0.1) is 0 Å². The maximum atomic E-state index is 4.70. The summed E-state index contributed by atoms with van der Waals surface area (Å²) in [5, 5.41) is 8.35. The van der Waals surface area contributed by atoms with Crippen LogP contribution in [0.4, 0.5) is 11.5 Å². The lowest BCUT2D eigenvalue weighted by Gasteiger charge is -2.13. The summed E-state index contributed by atoms with van der Waals surface area (Å²) >= 11 is 2.44. The summed E-state index contributed by atoms with van der Waals surface area (Å²) in [4.78, 5) is 0. The first-order valence-electron chi connectivity index (χ1n) is 7.75. The molecule has 110 valence electrons. The maximum Gasteiger partial charge on any atom is 0.155 e. The van der Waals surface area contributed by atoms with Gasteiger partial charge in [-0.25, -0.2) is 0 Å². The molecule has 1 fully saturated rings. The number of halogens is 1. The highest BCUT2D eigenvalue weighted by molar-refractivity contribution is 14.1. The van der Waals surface area contributed by atoms with Crippen molar-refractivity contribution in [2.75, 3.05) is 5.32 Å². The molecule has 4 heteroatoms. The Hall–Kier alpha value is -1.04. The third kappa shape index (κ3) is 2.37. The predicted octanol–water partition coefficient (Wildman–Crippen LogP) is 4.44. The van der Waals surface area contributed by atoms with E-state index in [9.17, 15) is 0 Å². The van der Waals surface area contributed by atoms with Gasteiger partial charge in [0.05, 0.1) is 0 Å². The molecule has 0 radical (unpaired) electrons. The first kappa shape index (κ1) is 13.6. The topological polar surface area (TPSA) is 29.9 Å². The van der Waals surface area contributed by atoms with Gasteiger partial charge >= 0.3 is 0 Å². The van der Waals surface area contributed by atoms with Crippen LogP contribution < -0.4 is 5.32 Å². The van der Waals surface area contributed by atoms with E-state index >= 15 is 0 Å². The standard InChI is InChI=1S/C17H20IN3/c1-10-8-15(13(9-14(10)18)11-6-7-11)19-17-12-4-3-5-16(12)21(2)20-17/h8-9,11H,3-7H2,1-2H3,(H,19,20). The lowest BCUT2D eigenvalue weighted by molar-refractivity contribution is 0.709. The Balaban J connectivity index is 1.74. The van der Waals surface area contributed by atoms with Crippen molar-refractivity contribution in [3.8, 4) is 0 Å². The molecule has 0 aliphatic heterocycles. The Kier molecular flexibility index (Phi) is 3.24. The van der Waals surface area contributed by atoms with Gasteiger partial charge in [0.15, 0.2) is 5.82 Å². The highest BCUT2D eigenvalue weighted by atomic mass is 127. The third-order valence-corrected chi connectivity index (χ3v) is 5.88. The van der Waals surface area contributed by atoms with Gasteiger partial charge in [0.2, 0.25) is 0 Å². The molecule has 0 saturated heterocycles. The average Bonchev–Trinajstić information content (AvgIpc) is 3.09. The maximum absolute atomic E-state index is 4.70. The van der Waals surface area contributed by atoms with Crippen LogP contribution in [0.25, 0.3) is 0 Å². The second-order valence-electron chi connectivity index (χ2n) is 6.34. The molecule has 2 aromatic rings. The SMILES string of the molecule is Cc1cc(Nc2nn(C)c3c2CCC3)c(C2CC2)cc1I. The summed E-state index contributed by atoms with van der Waals surface area (Å²) in [5.74, 6) is 1.82. The van der Waals surface area contributed by atoms with E-state index in [1.165, 1.54) is 57.3 Å². The van der Waals surface area contributed by atoms with Crippen molar-refractivity contribution in [3.63, 3.8) is 0 Å². The Labute approximate surface area is 139 Å². The molecule has 0 atom stereocenters. The second kappa shape index (κ2) is 5.00. The molecular weight excluding hydrogens is 373 g/mol. The van der Waals surface area contributed by atoms with Gasteiger partial charge in [-0.2, -0.15) is 5.10 Å². The molecule has 21 heavy (non-hydrogen) atoms. The highest BCUT2D eigenvalue weighted by Gasteiger charge is 2.28. The minimum Gasteiger partial charge on any atom is -0.338 e. The summed E-state index contributed by atoms with van der Waals surface area (Å²) in [6, 6.07) is 4.66. The second-order valence-corrected chi connectivity index (χ2v) is 7.50. The van der Waals surface area contributed by atoms with Gasteiger partial charge in [0.25, 0.3) is 0 Å². The number of anilines is 2. The summed E-state index contributed by atoms with van der Waals surface area (Å²) in [6.07, 6.45) is 6.24. The zero-order valence-corrected chi connectivity index (χ0v) is 14.7. The molecule has 1 N–H and O–H groups in total. The van der Waals surface area contributed by atoms with Crippen LogP contribution in [0.5, 0.6) is 0 Å². The van der Waals surface area contributed by atoms with Crippen LogP contribution in [-0.4, -0.2) is 9.78 Å². The number of hydrogen-bond acceptors (Lipinski definition) is 2. The van der Waals surface area contributed by atoms with Crippen molar-refractivity contribution in [1.29, 1.82) is 0 Å². The number of nitrogens with one attached hydrogen (secondary N) is 1. The Morgan fingerprint density at radius 1 is 1.29 bits per heavy atom.